The van der Waals surface area contributed by atoms with E-state index in [0.29, 0.717) is 5.25 Å². The molecule has 0 saturated carbocycles. The molecule has 0 spiro atoms. The van der Waals surface area contributed by atoms with Crippen LogP contribution in [-0.2, 0) is 17.5 Å². The first-order chi connectivity index (χ1) is 8.78. The minimum atomic E-state index is 0.592. The Bertz CT molecular complexity index is 566. The standard InChI is InChI=1S/C11H15N5OS/c1-12-10-8-3-13-16(2)11(8)15-9(14-10)6-18-7-4-17-5-7/h3,7H,4-6H2,1-2H3,(H,12,14,15). The monoisotopic (exact) mass is 265 g/mol. The van der Waals surface area contributed by atoms with Gasteiger partial charge in [-0.1, -0.05) is 0 Å². The number of anilines is 1. The van der Waals surface area contributed by atoms with Gasteiger partial charge in [0.25, 0.3) is 0 Å². The maximum Gasteiger partial charge on any atom is 0.163 e. The van der Waals surface area contributed by atoms with Crippen LogP contribution < -0.4 is 5.32 Å². The molecule has 2 aromatic heterocycles. The molecule has 2 aromatic rings. The van der Waals surface area contributed by atoms with Gasteiger partial charge in [0.15, 0.2) is 5.65 Å². The maximum absolute atomic E-state index is 5.16. The predicted octanol–water partition coefficient (Wildman–Crippen LogP) is 1.04. The van der Waals surface area contributed by atoms with Crippen molar-refractivity contribution in [1.82, 2.24) is 19.7 Å². The number of hydrogen-bond donors (Lipinski definition) is 1. The van der Waals surface area contributed by atoms with Crippen LogP contribution >= 0.6 is 11.8 Å². The minimum Gasteiger partial charge on any atom is -0.379 e. The third kappa shape index (κ3) is 2.04. The van der Waals surface area contributed by atoms with E-state index in [4.69, 9.17) is 4.74 Å². The Hall–Kier alpha value is -1.34. The molecule has 1 fully saturated rings. The van der Waals surface area contributed by atoms with Crippen LogP contribution in [-0.4, -0.2) is 45.3 Å². The lowest BCUT2D eigenvalue weighted by atomic mass is 10.4. The summed E-state index contributed by atoms with van der Waals surface area (Å²) in [6.45, 7) is 1.69. The lowest BCUT2D eigenvalue weighted by molar-refractivity contribution is 0.0455. The number of rotatable bonds is 4. The van der Waals surface area contributed by atoms with Gasteiger partial charge in [-0.25, -0.2) is 9.97 Å². The second kappa shape index (κ2) is 4.74. The number of nitrogens with one attached hydrogen (secondary N) is 1. The van der Waals surface area contributed by atoms with E-state index in [9.17, 15) is 0 Å². The minimum absolute atomic E-state index is 0.592. The highest BCUT2D eigenvalue weighted by Crippen LogP contribution is 2.25. The summed E-state index contributed by atoms with van der Waals surface area (Å²) in [5.74, 6) is 2.49. The average molecular weight is 265 g/mol. The molecule has 1 saturated heterocycles. The molecule has 0 radical (unpaired) electrons. The van der Waals surface area contributed by atoms with Crippen molar-refractivity contribution >= 4 is 28.6 Å². The number of fused-ring (bicyclic) bond motifs is 1. The Kier molecular flexibility index (Phi) is 3.09. The Morgan fingerprint density at radius 2 is 2.33 bits per heavy atom. The van der Waals surface area contributed by atoms with Gasteiger partial charge in [0.2, 0.25) is 0 Å². The molecule has 96 valence electrons. The van der Waals surface area contributed by atoms with Crippen LogP contribution in [0.2, 0.25) is 0 Å². The third-order valence-corrected chi connectivity index (χ3v) is 4.10. The van der Waals surface area contributed by atoms with Gasteiger partial charge in [0.1, 0.15) is 11.6 Å². The molecule has 0 atom stereocenters. The number of aromatic nitrogens is 4. The summed E-state index contributed by atoms with van der Waals surface area (Å²) in [5.41, 5.74) is 0.870. The number of nitrogens with zero attached hydrogens (tertiary/aromatic N) is 4. The van der Waals surface area contributed by atoms with E-state index in [1.807, 2.05) is 25.9 Å². The molecule has 3 rings (SSSR count). The third-order valence-electron chi connectivity index (χ3n) is 2.93. The lowest BCUT2D eigenvalue weighted by Crippen LogP contribution is -2.30. The molecule has 0 aliphatic carbocycles. The van der Waals surface area contributed by atoms with E-state index in [1.165, 1.54) is 0 Å². The molecule has 7 heteroatoms. The van der Waals surface area contributed by atoms with Gasteiger partial charge in [0, 0.05) is 14.1 Å². The number of ether oxygens (including phenoxy) is 1. The zero-order valence-electron chi connectivity index (χ0n) is 10.4. The largest absolute Gasteiger partial charge is 0.379 e. The van der Waals surface area contributed by atoms with Crippen LogP contribution in [0.3, 0.4) is 0 Å². The van der Waals surface area contributed by atoms with Gasteiger partial charge >= 0.3 is 0 Å². The van der Waals surface area contributed by atoms with Gasteiger partial charge in [-0.05, 0) is 0 Å². The molecule has 6 nitrogen and oxygen atoms in total. The second-order valence-electron chi connectivity index (χ2n) is 4.21. The van der Waals surface area contributed by atoms with E-state index >= 15 is 0 Å². The Labute approximate surface area is 109 Å². The zero-order chi connectivity index (χ0) is 12.5. The molecule has 0 bridgehead atoms. The average Bonchev–Trinajstić information content (AvgIpc) is 2.69. The Morgan fingerprint density at radius 3 is 3.00 bits per heavy atom. The van der Waals surface area contributed by atoms with Gasteiger partial charge in [-0.15, -0.1) is 11.8 Å². The molecular formula is C11H15N5OS. The highest BCUT2D eigenvalue weighted by atomic mass is 32.2. The van der Waals surface area contributed by atoms with Crippen LogP contribution in [0.5, 0.6) is 0 Å². The Balaban J connectivity index is 1.88. The fraction of sp³-hybridized carbons (Fsp3) is 0.545. The number of hydrogen-bond acceptors (Lipinski definition) is 6. The van der Waals surface area contributed by atoms with Crippen molar-refractivity contribution in [3.05, 3.63) is 12.0 Å². The van der Waals surface area contributed by atoms with Crippen molar-refractivity contribution in [2.75, 3.05) is 25.6 Å². The summed E-state index contributed by atoms with van der Waals surface area (Å²) in [7, 11) is 3.76. The van der Waals surface area contributed by atoms with Crippen molar-refractivity contribution in [1.29, 1.82) is 0 Å². The van der Waals surface area contributed by atoms with Crippen molar-refractivity contribution in [2.45, 2.75) is 11.0 Å². The van der Waals surface area contributed by atoms with Crippen LogP contribution in [0.4, 0.5) is 5.82 Å². The normalized spacial score (nSPS) is 15.9. The molecule has 1 N–H and O–H groups in total. The van der Waals surface area contributed by atoms with E-state index in [2.05, 4.69) is 20.4 Å². The maximum atomic E-state index is 5.16. The molecule has 0 aromatic carbocycles. The fourth-order valence-electron chi connectivity index (χ4n) is 1.83. The summed E-state index contributed by atoms with van der Waals surface area (Å²) in [5, 5.41) is 8.87. The second-order valence-corrected chi connectivity index (χ2v) is 5.50. The van der Waals surface area contributed by atoms with Gasteiger partial charge in [-0.2, -0.15) is 5.10 Å². The summed E-state index contributed by atoms with van der Waals surface area (Å²) in [4.78, 5) is 9.09. The van der Waals surface area contributed by atoms with E-state index < -0.39 is 0 Å². The number of thioether (sulfide) groups is 1. The zero-order valence-corrected chi connectivity index (χ0v) is 11.2. The first-order valence-corrected chi connectivity index (χ1v) is 6.88. The molecular weight excluding hydrogens is 250 g/mol. The smallest absolute Gasteiger partial charge is 0.163 e. The highest BCUT2D eigenvalue weighted by molar-refractivity contribution is 7.99. The van der Waals surface area contributed by atoms with Crippen LogP contribution in [0.25, 0.3) is 11.0 Å². The number of aryl methyl sites for hydroxylation is 1. The van der Waals surface area contributed by atoms with Gasteiger partial charge in [-0.3, -0.25) is 4.68 Å². The lowest BCUT2D eigenvalue weighted by Gasteiger charge is -2.24. The van der Waals surface area contributed by atoms with Crippen molar-refractivity contribution in [3.63, 3.8) is 0 Å². The van der Waals surface area contributed by atoms with Gasteiger partial charge < -0.3 is 10.1 Å². The molecule has 3 heterocycles. The van der Waals surface area contributed by atoms with Gasteiger partial charge in [0.05, 0.1) is 35.8 Å². The highest BCUT2D eigenvalue weighted by Gasteiger charge is 2.19. The SMILES string of the molecule is CNc1nc(CSC2COC2)nc2c1cnn2C. The quantitative estimate of drug-likeness (QED) is 0.891. The summed E-state index contributed by atoms with van der Waals surface area (Å²) in [6, 6.07) is 0. The molecule has 0 amide bonds. The molecule has 1 aliphatic heterocycles. The van der Waals surface area contributed by atoms with E-state index in [0.717, 1.165) is 41.6 Å². The first-order valence-electron chi connectivity index (χ1n) is 5.83. The van der Waals surface area contributed by atoms with Crippen molar-refractivity contribution in [3.8, 4) is 0 Å². The summed E-state index contributed by atoms with van der Waals surface area (Å²) in [6.07, 6.45) is 1.79. The Morgan fingerprint density at radius 1 is 1.50 bits per heavy atom. The predicted molar refractivity (Wildman–Crippen MR) is 71.8 cm³/mol. The summed E-state index contributed by atoms with van der Waals surface area (Å²) >= 11 is 1.85. The molecule has 1 aliphatic rings. The molecule has 18 heavy (non-hydrogen) atoms. The van der Waals surface area contributed by atoms with E-state index in [-0.39, 0.29) is 0 Å². The van der Waals surface area contributed by atoms with Crippen LogP contribution in [0.15, 0.2) is 6.20 Å². The topological polar surface area (TPSA) is 64.9 Å². The first kappa shape index (κ1) is 11.7. The van der Waals surface area contributed by atoms with Crippen LogP contribution in [0, 0.1) is 0 Å². The van der Waals surface area contributed by atoms with Crippen molar-refractivity contribution in [2.24, 2.45) is 7.05 Å². The van der Waals surface area contributed by atoms with Crippen LogP contribution in [0.1, 0.15) is 5.82 Å². The summed E-state index contributed by atoms with van der Waals surface area (Å²) < 4.78 is 6.93. The fourth-order valence-corrected chi connectivity index (χ4v) is 2.72. The van der Waals surface area contributed by atoms with E-state index in [1.54, 1.807) is 10.9 Å². The molecule has 0 unspecified atom stereocenters. The van der Waals surface area contributed by atoms with Crippen molar-refractivity contribution < 1.29 is 4.74 Å².